The number of carbonyl (C=O) groups is 2. The van der Waals surface area contributed by atoms with Crippen molar-refractivity contribution in [2.45, 2.75) is 32.1 Å². The maximum atomic E-state index is 12.6. The van der Waals surface area contributed by atoms with Crippen LogP contribution in [0.4, 0.5) is 10.7 Å². The van der Waals surface area contributed by atoms with Gasteiger partial charge in [-0.3, -0.25) is 14.7 Å². The minimum Gasteiger partial charge on any atom is -0.497 e. The maximum Gasteiger partial charge on any atom is 0.325 e. The minimum atomic E-state index is -0.541. The van der Waals surface area contributed by atoms with E-state index in [0.29, 0.717) is 11.8 Å². The van der Waals surface area contributed by atoms with E-state index in [0.717, 1.165) is 11.3 Å². The van der Waals surface area contributed by atoms with Gasteiger partial charge < -0.3 is 14.5 Å². The van der Waals surface area contributed by atoms with E-state index in [1.165, 1.54) is 4.90 Å². The number of amides is 3. The Balaban J connectivity index is 1.87. The Bertz CT molecular complexity index is 875. The van der Waals surface area contributed by atoms with E-state index in [1.54, 1.807) is 14.2 Å². The molecule has 1 aromatic carbocycles. The number of nitrogens with one attached hydrogen (secondary N) is 1. The van der Waals surface area contributed by atoms with Crippen LogP contribution in [0.3, 0.4) is 0 Å². The van der Waals surface area contributed by atoms with Crippen LogP contribution < -0.4 is 15.0 Å². The van der Waals surface area contributed by atoms with Crippen molar-refractivity contribution in [1.82, 2.24) is 25.0 Å². The van der Waals surface area contributed by atoms with E-state index in [2.05, 4.69) is 15.5 Å². The average Bonchev–Trinajstić information content (AvgIpc) is 3.17. The fourth-order valence-corrected chi connectivity index (χ4v) is 3.64. The fourth-order valence-electron chi connectivity index (χ4n) is 3.64. The van der Waals surface area contributed by atoms with Gasteiger partial charge in [-0.1, -0.05) is 0 Å². The number of likely N-dealkylation sites (N-methyl/N-ethyl adjacent to an activating group) is 1. The number of imide groups is 1. The second kappa shape index (κ2) is 5.72. The standard InChI is InChI=1S/C17H20N6O3/c1-9(2)22-12-14(24)18-17(25)21(3)15(12)23-13(19-20-16(22)23)10-5-7-11(26-4)8-6-10/h5-9,12,15H,1-4H3,(H,18,24,25). The predicted octanol–water partition coefficient (Wildman–Crippen LogP) is 1.23. The number of ether oxygens (including phenoxy) is 1. The minimum absolute atomic E-state index is 0.0176. The van der Waals surface area contributed by atoms with Crippen LogP contribution >= 0.6 is 0 Å². The summed E-state index contributed by atoms with van der Waals surface area (Å²) in [7, 11) is 3.28. The van der Waals surface area contributed by atoms with Crippen molar-refractivity contribution < 1.29 is 14.3 Å². The maximum absolute atomic E-state index is 12.6. The third-order valence-electron chi connectivity index (χ3n) is 4.88. The summed E-state index contributed by atoms with van der Waals surface area (Å²) in [5.74, 6) is 1.60. The smallest absolute Gasteiger partial charge is 0.325 e. The first-order chi connectivity index (χ1) is 12.4. The van der Waals surface area contributed by atoms with E-state index in [-0.39, 0.29) is 11.9 Å². The number of benzene rings is 1. The monoisotopic (exact) mass is 356 g/mol. The number of aromatic nitrogens is 3. The molecule has 3 heterocycles. The number of nitrogens with zero attached hydrogens (tertiary/aromatic N) is 5. The lowest BCUT2D eigenvalue weighted by Crippen LogP contribution is -2.62. The Labute approximate surface area is 150 Å². The molecule has 0 saturated carbocycles. The van der Waals surface area contributed by atoms with Crippen LogP contribution in [0.25, 0.3) is 11.4 Å². The number of methoxy groups -OCH3 is 1. The molecule has 0 bridgehead atoms. The van der Waals surface area contributed by atoms with E-state index in [9.17, 15) is 9.59 Å². The zero-order valence-corrected chi connectivity index (χ0v) is 15.0. The van der Waals surface area contributed by atoms with E-state index >= 15 is 0 Å². The summed E-state index contributed by atoms with van der Waals surface area (Å²) >= 11 is 0. The van der Waals surface area contributed by atoms with Gasteiger partial charge >= 0.3 is 6.03 Å². The van der Waals surface area contributed by atoms with Gasteiger partial charge in [0.15, 0.2) is 11.9 Å². The molecule has 1 aromatic heterocycles. The summed E-state index contributed by atoms with van der Waals surface area (Å²) in [4.78, 5) is 28.2. The molecule has 9 nitrogen and oxygen atoms in total. The zero-order chi connectivity index (χ0) is 18.6. The molecule has 1 fully saturated rings. The Hall–Kier alpha value is -3.10. The van der Waals surface area contributed by atoms with Crippen molar-refractivity contribution in [3.63, 3.8) is 0 Å². The lowest BCUT2D eigenvalue weighted by molar-refractivity contribution is -0.125. The molecule has 0 spiro atoms. The van der Waals surface area contributed by atoms with Crippen LogP contribution in [0, 0.1) is 0 Å². The van der Waals surface area contributed by atoms with Gasteiger partial charge in [0, 0.05) is 18.7 Å². The molecule has 9 heteroatoms. The molecule has 2 aromatic rings. The van der Waals surface area contributed by atoms with Crippen molar-refractivity contribution in [1.29, 1.82) is 0 Å². The largest absolute Gasteiger partial charge is 0.497 e. The lowest BCUT2D eigenvalue weighted by Gasteiger charge is -2.38. The van der Waals surface area contributed by atoms with Crippen molar-refractivity contribution in [2.24, 2.45) is 0 Å². The van der Waals surface area contributed by atoms with Crippen molar-refractivity contribution >= 4 is 17.9 Å². The summed E-state index contributed by atoms with van der Waals surface area (Å²) in [5.41, 5.74) is 0.834. The van der Waals surface area contributed by atoms with E-state index in [1.807, 2.05) is 47.6 Å². The molecule has 0 radical (unpaired) electrons. The van der Waals surface area contributed by atoms with Gasteiger partial charge in [-0.2, -0.15) is 0 Å². The molecule has 0 aliphatic carbocycles. The number of carbonyl (C=O) groups excluding carboxylic acids is 2. The second-order valence-electron chi connectivity index (χ2n) is 6.69. The van der Waals surface area contributed by atoms with E-state index < -0.39 is 18.2 Å². The Kier molecular flexibility index (Phi) is 3.60. The molecular formula is C17H20N6O3. The van der Waals surface area contributed by atoms with Crippen LogP contribution in [0.2, 0.25) is 0 Å². The highest BCUT2D eigenvalue weighted by molar-refractivity contribution is 6.02. The molecule has 3 amide bonds. The molecule has 26 heavy (non-hydrogen) atoms. The quantitative estimate of drug-likeness (QED) is 0.889. The number of hydrogen-bond acceptors (Lipinski definition) is 6. The van der Waals surface area contributed by atoms with Crippen LogP contribution in [-0.4, -0.2) is 57.8 Å². The number of anilines is 1. The second-order valence-corrected chi connectivity index (χ2v) is 6.69. The summed E-state index contributed by atoms with van der Waals surface area (Å²) in [6, 6.07) is 6.49. The van der Waals surface area contributed by atoms with Gasteiger partial charge in [-0.15, -0.1) is 10.2 Å². The highest BCUT2D eigenvalue weighted by Crippen LogP contribution is 2.41. The molecule has 2 unspecified atom stereocenters. The summed E-state index contributed by atoms with van der Waals surface area (Å²) in [6.45, 7) is 3.97. The van der Waals surface area contributed by atoms with Gasteiger partial charge in [-0.25, -0.2) is 4.79 Å². The SMILES string of the molecule is COc1ccc(-c2nnc3n2C2C(C(=O)NC(=O)N2C)N3C(C)C)cc1. The Morgan fingerprint density at radius 1 is 1.15 bits per heavy atom. The van der Waals surface area contributed by atoms with Gasteiger partial charge in [0.25, 0.3) is 5.91 Å². The van der Waals surface area contributed by atoms with Crippen LogP contribution in [0.5, 0.6) is 5.75 Å². The lowest BCUT2D eigenvalue weighted by atomic mass is 10.1. The van der Waals surface area contributed by atoms with Gasteiger partial charge in [0.2, 0.25) is 5.95 Å². The van der Waals surface area contributed by atoms with Crippen LogP contribution in [0.15, 0.2) is 24.3 Å². The predicted molar refractivity (Wildman–Crippen MR) is 93.8 cm³/mol. The number of rotatable bonds is 3. The van der Waals surface area contributed by atoms with Crippen molar-refractivity contribution in [3.8, 4) is 17.1 Å². The first-order valence-corrected chi connectivity index (χ1v) is 8.39. The molecule has 1 saturated heterocycles. The van der Waals surface area contributed by atoms with Gasteiger partial charge in [0.1, 0.15) is 11.9 Å². The Morgan fingerprint density at radius 3 is 2.46 bits per heavy atom. The van der Waals surface area contributed by atoms with Crippen LogP contribution in [-0.2, 0) is 4.79 Å². The molecule has 4 rings (SSSR count). The summed E-state index contributed by atoms with van der Waals surface area (Å²) in [5, 5.41) is 11.1. The highest BCUT2D eigenvalue weighted by atomic mass is 16.5. The topological polar surface area (TPSA) is 92.6 Å². The van der Waals surface area contributed by atoms with Crippen LogP contribution in [0.1, 0.15) is 20.0 Å². The molecule has 136 valence electrons. The highest BCUT2D eigenvalue weighted by Gasteiger charge is 2.53. The zero-order valence-electron chi connectivity index (χ0n) is 15.0. The van der Waals surface area contributed by atoms with Crippen molar-refractivity contribution in [3.05, 3.63) is 24.3 Å². The molecule has 2 aliphatic heterocycles. The Morgan fingerprint density at radius 2 is 1.85 bits per heavy atom. The normalized spacial score (nSPS) is 21.7. The third kappa shape index (κ3) is 2.16. The number of fused-ring (bicyclic) bond motifs is 3. The van der Waals surface area contributed by atoms with E-state index in [4.69, 9.17) is 4.74 Å². The molecular weight excluding hydrogens is 336 g/mol. The van der Waals surface area contributed by atoms with Gasteiger partial charge in [-0.05, 0) is 38.1 Å². The fraction of sp³-hybridized carbons (Fsp3) is 0.412. The molecule has 2 aliphatic rings. The summed E-state index contributed by atoms with van der Waals surface area (Å²) < 4.78 is 7.07. The van der Waals surface area contributed by atoms with Crippen molar-refractivity contribution in [2.75, 3.05) is 19.1 Å². The summed E-state index contributed by atoms with van der Waals surface area (Å²) in [6.07, 6.45) is -0.499. The first kappa shape index (κ1) is 16.4. The number of urea groups is 1. The number of hydrogen-bond donors (Lipinski definition) is 1. The first-order valence-electron chi connectivity index (χ1n) is 8.39. The average molecular weight is 356 g/mol. The third-order valence-corrected chi connectivity index (χ3v) is 4.88. The molecule has 1 N–H and O–H groups in total. The molecule has 2 atom stereocenters. The van der Waals surface area contributed by atoms with Gasteiger partial charge in [0.05, 0.1) is 7.11 Å².